The van der Waals surface area contributed by atoms with Crippen molar-refractivity contribution in [2.45, 2.75) is 0 Å². The Labute approximate surface area is 139 Å². The summed E-state index contributed by atoms with van der Waals surface area (Å²) in [6.45, 7) is 0. The molecule has 0 saturated carbocycles. The van der Waals surface area contributed by atoms with Crippen LogP contribution in [0.1, 0.15) is 10.4 Å². The van der Waals surface area contributed by atoms with Crippen LogP contribution in [0, 0.1) is 0 Å². The highest BCUT2D eigenvalue weighted by atomic mass is 16.5. The second-order valence-electron chi connectivity index (χ2n) is 5.01. The van der Waals surface area contributed by atoms with E-state index in [9.17, 15) is 4.79 Å². The number of rotatable bonds is 5. The monoisotopic (exact) mass is 323 g/mol. The van der Waals surface area contributed by atoms with Crippen LogP contribution in [-0.4, -0.2) is 30.1 Å². The van der Waals surface area contributed by atoms with Crippen molar-refractivity contribution in [1.82, 2.24) is 9.97 Å². The van der Waals surface area contributed by atoms with E-state index in [4.69, 9.17) is 9.47 Å². The van der Waals surface area contributed by atoms with Gasteiger partial charge in [-0.05, 0) is 36.4 Å². The summed E-state index contributed by atoms with van der Waals surface area (Å²) in [7, 11) is 3.04. The molecule has 2 aromatic carbocycles. The van der Waals surface area contributed by atoms with Gasteiger partial charge in [-0.3, -0.25) is 4.79 Å². The number of benzene rings is 2. The molecule has 0 atom stereocenters. The minimum absolute atomic E-state index is 0.296. The van der Waals surface area contributed by atoms with E-state index in [1.54, 1.807) is 30.6 Å². The number of H-pyrrole nitrogens is 1. The van der Waals surface area contributed by atoms with Gasteiger partial charge in [0.25, 0.3) is 5.91 Å². The van der Waals surface area contributed by atoms with Gasteiger partial charge >= 0.3 is 0 Å². The van der Waals surface area contributed by atoms with Gasteiger partial charge in [-0.25, -0.2) is 4.98 Å². The standard InChI is InChI=1S/C18H17N3O3/c1-23-14-4-3-5-15(24-2)16(14)18(22)21-13-8-6-12(7-9-13)17-19-10-11-20-17/h3-11H,1-2H3,(H,19,20)(H,21,22). The van der Waals surface area contributed by atoms with E-state index >= 15 is 0 Å². The Hall–Kier alpha value is -3.28. The molecule has 24 heavy (non-hydrogen) atoms. The van der Waals surface area contributed by atoms with Crippen molar-refractivity contribution >= 4 is 11.6 Å². The first-order valence-electron chi connectivity index (χ1n) is 7.35. The highest BCUT2D eigenvalue weighted by molar-refractivity contribution is 6.08. The SMILES string of the molecule is COc1cccc(OC)c1C(=O)Nc1ccc(-c2ncc[nH]2)cc1. The summed E-state index contributed by atoms with van der Waals surface area (Å²) >= 11 is 0. The molecule has 3 aromatic rings. The molecule has 0 bridgehead atoms. The van der Waals surface area contributed by atoms with Gasteiger partial charge in [-0.1, -0.05) is 6.07 Å². The first kappa shape index (κ1) is 15.6. The number of hydrogen-bond acceptors (Lipinski definition) is 4. The lowest BCUT2D eigenvalue weighted by Gasteiger charge is -2.13. The predicted molar refractivity (Wildman–Crippen MR) is 91.5 cm³/mol. The van der Waals surface area contributed by atoms with Crippen LogP contribution in [0.5, 0.6) is 11.5 Å². The lowest BCUT2D eigenvalue weighted by Crippen LogP contribution is -2.14. The number of nitrogens with one attached hydrogen (secondary N) is 2. The Morgan fingerprint density at radius 1 is 1.04 bits per heavy atom. The molecule has 1 heterocycles. The maximum atomic E-state index is 12.6. The van der Waals surface area contributed by atoms with Crippen molar-refractivity contribution in [1.29, 1.82) is 0 Å². The summed E-state index contributed by atoms with van der Waals surface area (Å²) in [6, 6.07) is 12.6. The quantitative estimate of drug-likeness (QED) is 0.755. The summed E-state index contributed by atoms with van der Waals surface area (Å²) in [4.78, 5) is 19.8. The fraction of sp³-hybridized carbons (Fsp3) is 0.111. The van der Waals surface area contributed by atoms with Gasteiger partial charge in [0.05, 0.1) is 14.2 Å². The van der Waals surface area contributed by atoms with Crippen molar-refractivity contribution in [3.05, 3.63) is 60.4 Å². The molecule has 0 radical (unpaired) electrons. The molecule has 2 N–H and O–H groups in total. The molecule has 0 aliphatic rings. The van der Waals surface area contributed by atoms with Gasteiger partial charge in [0.15, 0.2) is 0 Å². The first-order chi connectivity index (χ1) is 11.7. The first-order valence-corrected chi connectivity index (χ1v) is 7.35. The molecule has 0 aliphatic heterocycles. The molecule has 6 heteroatoms. The van der Waals surface area contributed by atoms with E-state index in [1.807, 2.05) is 24.3 Å². The van der Waals surface area contributed by atoms with Gasteiger partial charge in [-0.2, -0.15) is 0 Å². The Bertz CT molecular complexity index is 805. The summed E-state index contributed by atoms with van der Waals surface area (Å²) < 4.78 is 10.5. The van der Waals surface area contributed by atoms with Gasteiger partial charge in [0, 0.05) is 23.6 Å². The Balaban J connectivity index is 1.83. The largest absolute Gasteiger partial charge is 0.496 e. The van der Waals surface area contributed by atoms with Crippen LogP contribution in [0.2, 0.25) is 0 Å². The molecular weight excluding hydrogens is 306 g/mol. The summed E-state index contributed by atoms with van der Waals surface area (Å²) in [5.74, 6) is 1.40. The number of aromatic nitrogens is 2. The van der Waals surface area contributed by atoms with E-state index in [0.29, 0.717) is 22.7 Å². The molecule has 1 amide bonds. The highest BCUT2D eigenvalue weighted by Crippen LogP contribution is 2.29. The maximum absolute atomic E-state index is 12.6. The van der Waals surface area contributed by atoms with E-state index in [2.05, 4.69) is 15.3 Å². The van der Waals surface area contributed by atoms with Crippen molar-refractivity contribution in [2.24, 2.45) is 0 Å². The second kappa shape index (κ2) is 6.87. The number of nitrogens with zero attached hydrogens (tertiary/aromatic N) is 1. The topological polar surface area (TPSA) is 76.2 Å². The van der Waals surface area contributed by atoms with E-state index < -0.39 is 0 Å². The molecule has 0 aliphatic carbocycles. The van der Waals surface area contributed by atoms with Crippen LogP contribution in [0.3, 0.4) is 0 Å². The lowest BCUT2D eigenvalue weighted by molar-refractivity contribution is 0.102. The number of carbonyl (C=O) groups is 1. The molecule has 3 rings (SSSR count). The van der Waals surface area contributed by atoms with Crippen LogP contribution in [-0.2, 0) is 0 Å². The molecular formula is C18H17N3O3. The lowest BCUT2D eigenvalue weighted by atomic mass is 10.1. The Morgan fingerprint density at radius 2 is 1.71 bits per heavy atom. The molecule has 6 nitrogen and oxygen atoms in total. The van der Waals surface area contributed by atoms with Crippen LogP contribution in [0.25, 0.3) is 11.4 Å². The number of methoxy groups -OCH3 is 2. The minimum Gasteiger partial charge on any atom is -0.496 e. The predicted octanol–water partition coefficient (Wildman–Crippen LogP) is 3.35. The normalized spacial score (nSPS) is 10.2. The number of imidazole rings is 1. The minimum atomic E-state index is -0.296. The van der Waals surface area contributed by atoms with Crippen LogP contribution in [0.15, 0.2) is 54.9 Å². The number of aromatic amines is 1. The van der Waals surface area contributed by atoms with E-state index in [0.717, 1.165) is 11.4 Å². The number of ether oxygens (including phenoxy) is 2. The van der Waals surface area contributed by atoms with E-state index in [1.165, 1.54) is 14.2 Å². The summed E-state index contributed by atoms with van der Waals surface area (Å²) in [5.41, 5.74) is 1.97. The molecule has 0 fully saturated rings. The molecule has 0 unspecified atom stereocenters. The zero-order valence-electron chi connectivity index (χ0n) is 13.4. The third-order valence-corrected chi connectivity index (χ3v) is 3.57. The summed E-state index contributed by atoms with van der Waals surface area (Å²) in [5, 5.41) is 2.85. The Kier molecular flexibility index (Phi) is 4.47. The van der Waals surface area contributed by atoms with Gasteiger partial charge in [0.1, 0.15) is 22.9 Å². The zero-order chi connectivity index (χ0) is 16.9. The van der Waals surface area contributed by atoms with Crippen LogP contribution < -0.4 is 14.8 Å². The smallest absolute Gasteiger partial charge is 0.263 e. The average molecular weight is 323 g/mol. The number of anilines is 1. The fourth-order valence-corrected chi connectivity index (χ4v) is 2.40. The van der Waals surface area contributed by atoms with Crippen molar-refractivity contribution in [3.63, 3.8) is 0 Å². The highest BCUT2D eigenvalue weighted by Gasteiger charge is 2.18. The third-order valence-electron chi connectivity index (χ3n) is 3.57. The van der Waals surface area contributed by atoms with Gasteiger partial charge < -0.3 is 19.8 Å². The van der Waals surface area contributed by atoms with Crippen molar-refractivity contribution in [3.8, 4) is 22.9 Å². The molecule has 1 aromatic heterocycles. The van der Waals surface area contributed by atoms with Crippen LogP contribution >= 0.6 is 0 Å². The van der Waals surface area contributed by atoms with Crippen LogP contribution in [0.4, 0.5) is 5.69 Å². The fourth-order valence-electron chi connectivity index (χ4n) is 2.40. The summed E-state index contributed by atoms with van der Waals surface area (Å²) in [6.07, 6.45) is 3.46. The zero-order valence-corrected chi connectivity index (χ0v) is 13.4. The molecule has 122 valence electrons. The number of hydrogen-bond donors (Lipinski definition) is 2. The second-order valence-corrected chi connectivity index (χ2v) is 5.01. The number of carbonyl (C=O) groups excluding carboxylic acids is 1. The molecule has 0 saturated heterocycles. The van der Waals surface area contributed by atoms with E-state index in [-0.39, 0.29) is 5.91 Å². The maximum Gasteiger partial charge on any atom is 0.263 e. The number of amides is 1. The average Bonchev–Trinajstić information content (AvgIpc) is 3.16. The molecule has 0 spiro atoms. The third kappa shape index (κ3) is 3.08. The van der Waals surface area contributed by atoms with Crippen molar-refractivity contribution < 1.29 is 14.3 Å². The van der Waals surface area contributed by atoms with Gasteiger partial charge in [0.2, 0.25) is 0 Å². The van der Waals surface area contributed by atoms with Crippen molar-refractivity contribution in [2.75, 3.05) is 19.5 Å². The Morgan fingerprint density at radius 3 is 2.25 bits per heavy atom. The van der Waals surface area contributed by atoms with Gasteiger partial charge in [-0.15, -0.1) is 0 Å².